The smallest absolute Gasteiger partial charge is 0.220 e. The molecule has 0 heterocycles. The molecule has 110 valence electrons. The third-order valence-corrected chi connectivity index (χ3v) is 5.14. The quantitative estimate of drug-likeness (QED) is 0.782. The van der Waals surface area contributed by atoms with Crippen LogP contribution in [0.15, 0.2) is 30.3 Å². The van der Waals surface area contributed by atoms with E-state index < -0.39 is 0 Å². The topological polar surface area (TPSA) is 29.1 Å². The van der Waals surface area contributed by atoms with Crippen molar-refractivity contribution in [2.45, 2.75) is 38.5 Å². The van der Waals surface area contributed by atoms with Gasteiger partial charge < -0.3 is 5.32 Å². The van der Waals surface area contributed by atoms with Gasteiger partial charge in [-0.05, 0) is 36.7 Å². The summed E-state index contributed by atoms with van der Waals surface area (Å²) in [6, 6.07) is 10.2. The van der Waals surface area contributed by atoms with Crippen molar-refractivity contribution in [3.05, 3.63) is 35.9 Å². The summed E-state index contributed by atoms with van der Waals surface area (Å²) in [4.78, 5) is 11.9. The van der Waals surface area contributed by atoms with Crippen LogP contribution in [0.3, 0.4) is 0 Å². The highest BCUT2D eigenvalue weighted by molar-refractivity contribution is 9.09. The first-order chi connectivity index (χ1) is 9.79. The van der Waals surface area contributed by atoms with Crippen molar-refractivity contribution >= 4 is 21.8 Å². The van der Waals surface area contributed by atoms with Gasteiger partial charge in [-0.3, -0.25) is 4.79 Å². The standard InChI is InChI=1S/C17H24BrNO/c18-12-15-8-4-5-9-16(15)13-19-17(20)11-10-14-6-2-1-3-7-14/h1-3,6-7,15-16H,4-5,8-13H2,(H,19,20). The number of alkyl halides is 1. The molecule has 2 unspecified atom stereocenters. The van der Waals surface area contributed by atoms with Gasteiger partial charge in [0.25, 0.3) is 0 Å². The van der Waals surface area contributed by atoms with Crippen molar-refractivity contribution in [3.8, 4) is 0 Å². The monoisotopic (exact) mass is 337 g/mol. The molecule has 2 rings (SSSR count). The Bertz CT molecular complexity index is 407. The van der Waals surface area contributed by atoms with Gasteiger partial charge in [0, 0.05) is 18.3 Å². The van der Waals surface area contributed by atoms with E-state index >= 15 is 0 Å². The molecule has 1 N–H and O–H groups in total. The first-order valence-electron chi connectivity index (χ1n) is 7.66. The summed E-state index contributed by atoms with van der Waals surface area (Å²) >= 11 is 3.61. The van der Waals surface area contributed by atoms with E-state index in [-0.39, 0.29) is 5.91 Å². The van der Waals surface area contributed by atoms with E-state index in [0.29, 0.717) is 12.3 Å². The van der Waals surface area contributed by atoms with E-state index in [1.54, 1.807) is 0 Å². The van der Waals surface area contributed by atoms with Gasteiger partial charge in [0.15, 0.2) is 0 Å². The predicted molar refractivity (Wildman–Crippen MR) is 87.0 cm³/mol. The van der Waals surface area contributed by atoms with E-state index in [9.17, 15) is 4.79 Å². The van der Waals surface area contributed by atoms with Crippen LogP contribution in [0.4, 0.5) is 0 Å². The molecule has 0 saturated heterocycles. The molecule has 0 radical (unpaired) electrons. The molecule has 1 aliphatic carbocycles. The molecule has 1 amide bonds. The minimum Gasteiger partial charge on any atom is -0.356 e. The minimum absolute atomic E-state index is 0.188. The summed E-state index contributed by atoms with van der Waals surface area (Å²) in [6.07, 6.45) is 6.64. The van der Waals surface area contributed by atoms with Crippen molar-refractivity contribution in [1.82, 2.24) is 5.32 Å². The molecule has 0 aliphatic heterocycles. The van der Waals surface area contributed by atoms with Crippen LogP contribution in [0.1, 0.15) is 37.7 Å². The average Bonchev–Trinajstić information content (AvgIpc) is 2.52. The molecule has 2 nitrogen and oxygen atoms in total. The predicted octanol–water partition coefficient (Wildman–Crippen LogP) is 3.94. The molecule has 2 atom stereocenters. The van der Waals surface area contributed by atoms with Crippen LogP contribution in [0, 0.1) is 11.8 Å². The van der Waals surface area contributed by atoms with Gasteiger partial charge in [-0.2, -0.15) is 0 Å². The lowest BCUT2D eigenvalue weighted by molar-refractivity contribution is -0.121. The summed E-state index contributed by atoms with van der Waals surface area (Å²) in [5.41, 5.74) is 1.23. The third kappa shape index (κ3) is 4.93. The molecule has 1 saturated carbocycles. The number of carbonyl (C=O) groups is 1. The molecular formula is C17H24BrNO. The molecule has 3 heteroatoms. The second-order valence-electron chi connectivity index (χ2n) is 5.75. The number of carbonyl (C=O) groups excluding carboxylic acids is 1. The Morgan fingerprint density at radius 2 is 1.85 bits per heavy atom. The fourth-order valence-corrected chi connectivity index (χ4v) is 3.84. The maximum atomic E-state index is 11.9. The van der Waals surface area contributed by atoms with Gasteiger partial charge in [-0.15, -0.1) is 0 Å². The number of hydrogen-bond acceptors (Lipinski definition) is 1. The van der Waals surface area contributed by atoms with Crippen LogP contribution in [0.2, 0.25) is 0 Å². The van der Waals surface area contributed by atoms with Gasteiger partial charge in [0.2, 0.25) is 5.91 Å². The molecule has 0 bridgehead atoms. The van der Waals surface area contributed by atoms with Crippen molar-refractivity contribution in [2.24, 2.45) is 11.8 Å². The Morgan fingerprint density at radius 1 is 1.15 bits per heavy atom. The number of benzene rings is 1. The van der Waals surface area contributed by atoms with Gasteiger partial charge in [0.05, 0.1) is 0 Å². The second kappa shape index (κ2) is 8.46. The highest BCUT2D eigenvalue weighted by atomic mass is 79.9. The number of aryl methyl sites for hydroxylation is 1. The Labute approximate surface area is 130 Å². The minimum atomic E-state index is 0.188. The van der Waals surface area contributed by atoms with E-state index in [1.165, 1.54) is 31.2 Å². The fraction of sp³-hybridized carbons (Fsp3) is 0.588. The first-order valence-corrected chi connectivity index (χ1v) is 8.78. The zero-order valence-corrected chi connectivity index (χ0v) is 13.6. The number of hydrogen-bond donors (Lipinski definition) is 1. The maximum absolute atomic E-state index is 11.9. The van der Waals surface area contributed by atoms with Gasteiger partial charge in [-0.1, -0.05) is 59.1 Å². The molecule has 1 aromatic rings. The Kier molecular flexibility index (Phi) is 6.58. The summed E-state index contributed by atoms with van der Waals surface area (Å²) < 4.78 is 0. The van der Waals surface area contributed by atoms with Crippen LogP contribution in [0.5, 0.6) is 0 Å². The molecule has 0 aromatic heterocycles. The van der Waals surface area contributed by atoms with Gasteiger partial charge in [0.1, 0.15) is 0 Å². The summed E-state index contributed by atoms with van der Waals surface area (Å²) in [5, 5.41) is 4.19. The van der Waals surface area contributed by atoms with Crippen molar-refractivity contribution in [3.63, 3.8) is 0 Å². The molecule has 0 spiro atoms. The Balaban J connectivity index is 1.69. The summed E-state index contributed by atoms with van der Waals surface area (Å²) in [7, 11) is 0. The number of halogens is 1. The van der Waals surface area contributed by atoms with E-state index in [1.807, 2.05) is 18.2 Å². The van der Waals surface area contributed by atoms with Crippen LogP contribution >= 0.6 is 15.9 Å². The first kappa shape index (κ1) is 15.6. The van der Waals surface area contributed by atoms with Gasteiger partial charge in [-0.25, -0.2) is 0 Å². The Morgan fingerprint density at radius 3 is 2.55 bits per heavy atom. The van der Waals surface area contributed by atoms with E-state index in [2.05, 4.69) is 33.4 Å². The lowest BCUT2D eigenvalue weighted by atomic mass is 9.80. The van der Waals surface area contributed by atoms with Crippen molar-refractivity contribution in [2.75, 3.05) is 11.9 Å². The molecular weight excluding hydrogens is 314 g/mol. The second-order valence-corrected chi connectivity index (χ2v) is 6.40. The maximum Gasteiger partial charge on any atom is 0.220 e. The fourth-order valence-electron chi connectivity index (χ4n) is 2.99. The zero-order chi connectivity index (χ0) is 14.2. The number of rotatable bonds is 6. The largest absolute Gasteiger partial charge is 0.356 e. The van der Waals surface area contributed by atoms with Crippen molar-refractivity contribution < 1.29 is 4.79 Å². The van der Waals surface area contributed by atoms with Crippen LogP contribution in [-0.4, -0.2) is 17.8 Å². The van der Waals surface area contributed by atoms with Gasteiger partial charge >= 0.3 is 0 Å². The molecule has 20 heavy (non-hydrogen) atoms. The average molecular weight is 338 g/mol. The molecule has 1 aromatic carbocycles. The third-order valence-electron chi connectivity index (χ3n) is 4.31. The lowest BCUT2D eigenvalue weighted by Crippen LogP contribution is -2.34. The summed E-state index contributed by atoms with van der Waals surface area (Å²) in [6.45, 7) is 0.851. The SMILES string of the molecule is O=C(CCc1ccccc1)NCC1CCCCC1CBr. The number of amides is 1. The van der Waals surface area contributed by atoms with Crippen LogP contribution in [-0.2, 0) is 11.2 Å². The normalized spacial score (nSPS) is 22.4. The van der Waals surface area contributed by atoms with E-state index in [0.717, 1.165) is 24.2 Å². The highest BCUT2D eigenvalue weighted by Crippen LogP contribution is 2.30. The Hall–Kier alpha value is -0.830. The van der Waals surface area contributed by atoms with E-state index in [4.69, 9.17) is 0 Å². The van der Waals surface area contributed by atoms with Crippen LogP contribution in [0.25, 0.3) is 0 Å². The molecule has 1 aliphatic rings. The lowest BCUT2D eigenvalue weighted by Gasteiger charge is -2.30. The molecule has 1 fully saturated rings. The number of nitrogens with one attached hydrogen (secondary N) is 1. The van der Waals surface area contributed by atoms with Crippen molar-refractivity contribution in [1.29, 1.82) is 0 Å². The van der Waals surface area contributed by atoms with Crippen LogP contribution < -0.4 is 5.32 Å². The summed E-state index contributed by atoms with van der Waals surface area (Å²) in [5.74, 6) is 1.58. The zero-order valence-electron chi connectivity index (χ0n) is 12.0. The highest BCUT2D eigenvalue weighted by Gasteiger charge is 2.24.